The average Bonchev–Trinajstić information content (AvgIpc) is 2.53. The normalized spacial score (nSPS) is 12.7. The van der Waals surface area contributed by atoms with E-state index < -0.39 is 42.2 Å². The molecule has 7 N–H and O–H groups in total. The molecule has 1 aromatic carbocycles. The Kier molecular flexibility index (Phi) is 7.37. The number of carbonyl (C=O) groups is 4. The average molecular weight is 336 g/mol. The zero-order valence-corrected chi connectivity index (χ0v) is 12.9. The van der Waals surface area contributed by atoms with Gasteiger partial charge < -0.3 is 27.2 Å². The summed E-state index contributed by atoms with van der Waals surface area (Å²) in [6, 6.07) is 6.21. The molecule has 9 nitrogen and oxygen atoms in total. The number of carboxylic acids is 1. The van der Waals surface area contributed by atoms with Gasteiger partial charge in [0.2, 0.25) is 17.7 Å². The van der Waals surface area contributed by atoms with Crippen LogP contribution < -0.4 is 22.1 Å². The Bertz CT molecular complexity index is 605. The second kappa shape index (κ2) is 9.26. The van der Waals surface area contributed by atoms with Crippen LogP contribution in [0.3, 0.4) is 0 Å². The fourth-order valence-electron chi connectivity index (χ4n) is 1.99. The molecule has 9 heteroatoms. The van der Waals surface area contributed by atoms with Crippen LogP contribution in [0.1, 0.15) is 12.0 Å². The molecule has 0 saturated carbocycles. The van der Waals surface area contributed by atoms with E-state index in [-0.39, 0.29) is 13.0 Å². The van der Waals surface area contributed by atoms with Crippen molar-refractivity contribution in [3.63, 3.8) is 0 Å². The number of primary amides is 1. The minimum absolute atomic E-state index is 0.0516. The SMILES string of the molecule is NCC(=O)N[C@@H](CC(N)=O)C(=O)N[C@@H](Cc1ccccc1)C(=O)O. The Morgan fingerprint density at radius 3 is 2.17 bits per heavy atom. The molecule has 0 unspecified atom stereocenters. The van der Waals surface area contributed by atoms with E-state index in [0.29, 0.717) is 5.56 Å². The molecule has 1 aromatic rings. The van der Waals surface area contributed by atoms with E-state index >= 15 is 0 Å². The maximum absolute atomic E-state index is 12.2. The number of nitrogens with one attached hydrogen (secondary N) is 2. The first-order valence-corrected chi connectivity index (χ1v) is 7.18. The molecule has 0 aliphatic carbocycles. The third-order valence-electron chi connectivity index (χ3n) is 3.14. The lowest BCUT2D eigenvalue weighted by Crippen LogP contribution is -2.54. The second-order valence-electron chi connectivity index (χ2n) is 5.08. The van der Waals surface area contributed by atoms with Crippen LogP contribution in [0.4, 0.5) is 0 Å². The molecule has 1 rings (SSSR count). The van der Waals surface area contributed by atoms with Gasteiger partial charge in [0, 0.05) is 6.42 Å². The summed E-state index contributed by atoms with van der Waals surface area (Å²) in [6.45, 7) is -0.380. The van der Waals surface area contributed by atoms with Crippen molar-refractivity contribution < 1.29 is 24.3 Å². The number of aliphatic carboxylic acids is 1. The highest BCUT2D eigenvalue weighted by atomic mass is 16.4. The summed E-state index contributed by atoms with van der Waals surface area (Å²) in [5, 5.41) is 13.8. The lowest BCUT2D eigenvalue weighted by Gasteiger charge is -2.20. The highest BCUT2D eigenvalue weighted by Crippen LogP contribution is 2.04. The van der Waals surface area contributed by atoms with Crippen LogP contribution in [-0.4, -0.2) is 47.4 Å². The Balaban J connectivity index is 2.81. The van der Waals surface area contributed by atoms with Gasteiger partial charge in [-0.1, -0.05) is 30.3 Å². The van der Waals surface area contributed by atoms with Crippen molar-refractivity contribution in [1.29, 1.82) is 0 Å². The van der Waals surface area contributed by atoms with E-state index in [9.17, 15) is 24.3 Å². The van der Waals surface area contributed by atoms with Crippen molar-refractivity contribution in [1.82, 2.24) is 10.6 Å². The molecule has 0 radical (unpaired) electrons. The van der Waals surface area contributed by atoms with Crippen molar-refractivity contribution in [3.05, 3.63) is 35.9 Å². The Morgan fingerprint density at radius 2 is 1.67 bits per heavy atom. The van der Waals surface area contributed by atoms with Crippen LogP contribution in [0.2, 0.25) is 0 Å². The number of hydrogen-bond donors (Lipinski definition) is 5. The predicted octanol–water partition coefficient (Wildman–Crippen LogP) is -1.88. The van der Waals surface area contributed by atoms with E-state index in [0.717, 1.165) is 0 Å². The third-order valence-corrected chi connectivity index (χ3v) is 3.14. The van der Waals surface area contributed by atoms with Gasteiger partial charge in [0.25, 0.3) is 0 Å². The topological polar surface area (TPSA) is 165 Å². The van der Waals surface area contributed by atoms with Crippen molar-refractivity contribution in [2.24, 2.45) is 11.5 Å². The largest absolute Gasteiger partial charge is 0.480 e. The number of benzene rings is 1. The summed E-state index contributed by atoms with van der Waals surface area (Å²) in [5.74, 6) is -3.54. The molecule has 0 saturated heterocycles. The van der Waals surface area contributed by atoms with Crippen molar-refractivity contribution in [3.8, 4) is 0 Å². The van der Waals surface area contributed by atoms with Crippen LogP contribution in [0.5, 0.6) is 0 Å². The standard InChI is InChI=1S/C15H20N4O5/c16-8-13(21)18-10(7-12(17)20)14(22)19-11(15(23)24)6-9-4-2-1-3-5-9/h1-5,10-11H,6-8,16H2,(H2,17,20)(H,18,21)(H,19,22)(H,23,24)/t10-,11-/m0/s1. The third kappa shape index (κ3) is 6.44. The maximum atomic E-state index is 12.2. The van der Waals surface area contributed by atoms with Gasteiger partial charge in [0.05, 0.1) is 13.0 Å². The lowest BCUT2D eigenvalue weighted by molar-refractivity contribution is -0.142. The summed E-state index contributed by atoms with van der Waals surface area (Å²) in [5.41, 5.74) is 10.9. The molecule has 3 amide bonds. The van der Waals surface area contributed by atoms with E-state index in [4.69, 9.17) is 11.5 Å². The summed E-state index contributed by atoms with van der Waals surface area (Å²) in [4.78, 5) is 45.9. The number of nitrogens with two attached hydrogens (primary N) is 2. The van der Waals surface area contributed by atoms with Crippen molar-refractivity contribution >= 4 is 23.7 Å². The first-order chi connectivity index (χ1) is 11.3. The molecule has 0 spiro atoms. The van der Waals surface area contributed by atoms with Gasteiger partial charge in [-0.2, -0.15) is 0 Å². The van der Waals surface area contributed by atoms with E-state index in [1.165, 1.54) is 0 Å². The zero-order valence-electron chi connectivity index (χ0n) is 12.9. The van der Waals surface area contributed by atoms with Crippen LogP contribution in [0.25, 0.3) is 0 Å². The predicted molar refractivity (Wildman–Crippen MR) is 84.5 cm³/mol. The van der Waals surface area contributed by atoms with Crippen LogP contribution in [0, 0.1) is 0 Å². The van der Waals surface area contributed by atoms with Crippen LogP contribution >= 0.6 is 0 Å². The Morgan fingerprint density at radius 1 is 1.04 bits per heavy atom. The number of rotatable bonds is 9. The fourth-order valence-corrected chi connectivity index (χ4v) is 1.99. The molecule has 0 heterocycles. The van der Waals surface area contributed by atoms with Crippen LogP contribution in [-0.2, 0) is 25.6 Å². The number of carboxylic acid groups (broad SMARTS) is 1. The molecular formula is C15H20N4O5. The number of hydrogen-bond acceptors (Lipinski definition) is 5. The molecule has 0 bridgehead atoms. The Labute approximate surface area is 138 Å². The smallest absolute Gasteiger partial charge is 0.326 e. The minimum Gasteiger partial charge on any atom is -0.480 e. The van der Waals surface area contributed by atoms with Crippen molar-refractivity contribution in [2.45, 2.75) is 24.9 Å². The molecule has 0 fully saturated rings. The first-order valence-electron chi connectivity index (χ1n) is 7.18. The molecule has 0 aliphatic heterocycles. The molecule has 130 valence electrons. The van der Waals surface area contributed by atoms with Gasteiger partial charge in [-0.3, -0.25) is 14.4 Å². The number of carbonyl (C=O) groups excluding carboxylic acids is 3. The first kappa shape index (κ1) is 19.1. The maximum Gasteiger partial charge on any atom is 0.326 e. The highest BCUT2D eigenvalue weighted by molar-refractivity contribution is 5.93. The van der Waals surface area contributed by atoms with Gasteiger partial charge in [-0.15, -0.1) is 0 Å². The van der Waals surface area contributed by atoms with Gasteiger partial charge in [0.1, 0.15) is 12.1 Å². The highest BCUT2D eigenvalue weighted by Gasteiger charge is 2.27. The molecule has 0 aromatic heterocycles. The monoisotopic (exact) mass is 336 g/mol. The zero-order chi connectivity index (χ0) is 18.1. The molecule has 24 heavy (non-hydrogen) atoms. The number of amides is 3. The van der Waals surface area contributed by atoms with Crippen molar-refractivity contribution in [2.75, 3.05) is 6.54 Å². The molecule has 0 aliphatic rings. The molecular weight excluding hydrogens is 316 g/mol. The van der Waals surface area contributed by atoms with Gasteiger partial charge in [-0.25, -0.2) is 4.79 Å². The van der Waals surface area contributed by atoms with Crippen LogP contribution in [0.15, 0.2) is 30.3 Å². The Hall–Kier alpha value is -2.94. The lowest BCUT2D eigenvalue weighted by atomic mass is 10.1. The summed E-state index contributed by atoms with van der Waals surface area (Å²) in [6.07, 6.45) is -0.411. The van der Waals surface area contributed by atoms with E-state index in [1.807, 2.05) is 0 Å². The van der Waals surface area contributed by atoms with E-state index in [2.05, 4.69) is 10.6 Å². The summed E-state index contributed by atoms with van der Waals surface area (Å²) < 4.78 is 0. The quantitative estimate of drug-likeness (QED) is 0.354. The summed E-state index contributed by atoms with van der Waals surface area (Å²) >= 11 is 0. The second-order valence-corrected chi connectivity index (χ2v) is 5.08. The summed E-state index contributed by atoms with van der Waals surface area (Å²) in [7, 11) is 0. The van der Waals surface area contributed by atoms with Gasteiger partial charge in [-0.05, 0) is 5.56 Å². The van der Waals surface area contributed by atoms with Gasteiger partial charge >= 0.3 is 5.97 Å². The minimum atomic E-state index is -1.28. The van der Waals surface area contributed by atoms with Gasteiger partial charge in [0.15, 0.2) is 0 Å². The van der Waals surface area contributed by atoms with E-state index in [1.54, 1.807) is 30.3 Å². The molecule has 2 atom stereocenters. The fraction of sp³-hybridized carbons (Fsp3) is 0.333.